The standard InChI is InChI=1S/C18H18BrFN2O4S/c1-22(27(24,25)14-5-3-13(20)4-6-14)11-18(23)21-16-8-9-26-17-7-2-12(19)10-15(16)17/h2-7,10,16H,8-9,11H2,1H3,(H,21,23). The number of carbonyl (C=O) groups is 1. The van der Waals surface area contributed by atoms with Crippen molar-refractivity contribution in [3.05, 3.63) is 58.3 Å². The number of likely N-dealkylation sites (N-methyl/N-ethyl adjacent to an activating group) is 1. The normalized spacial score (nSPS) is 16.5. The molecule has 0 saturated heterocycles. The number of hydrogen-bond acceptors (Lipinski definition) is 4. The number of halogens is 2. The van der Waals surface area contributed by atoms with Crippen molar-refractivity contribution in [3.8, 4) is 5.75 Å². The van der Waals surface area contributed by atoms with Crippen LogP contribution in [-0.4, -0.2) is 38.8 Å². The summed E-state index contributed by atoms with van der Waals surface area (Å²) in [5.41, 5.74) is 0.841. The molecule has 0 saturated carbocycles. The molecule has 1 N–H and O–H groups in total. The van der Waals surface area contributed by atoms with Gasteiger partial charge < -0.3 is 10.1 Å². The summed E-state index contributed by atoms with van der Waals surface area (Å²) in [7, 11) is -2.57. The van der Waals surface area contributed by atoms with Gasteiger partial charge in [0.2, 0.25) is 15.9 Å². The van der Waals surface area contributed by atoms with E-state index in [4.69, 9.17) is 4.74 Å². The van der Waals surface area contributed by atoms with Gasteiger partial charge in [-0.3, -0.25) is 4.79 Å². The van der Waals surface area contributed by atoms with Crippen LogP contribution in [0.5, 0.6) is 5.75 Å². The third-order valence-electron chi connectivity index (χ3n) is 4.23. The molecule has 144 valence electrons. The highest BCUT2D eigenvalue weighted by molar-refractivity contribution is 9.10. The SMILES string of the molecule is CN(CC(=O)NC1CCOc2ccc(Br)cc21)S(=O)(=O)c1ccc(F)cc1. The first-order valence-corrected chi connectivity index (χ1v) is 10.4. The van der Waals surface area contributed by atoms with Gasteiger partial charge in [0.25, 0.3) is 0 Å². The second-order valence-electron chi connectivity index (χ2n) is 6.15. The number of fused-ring (bicyclic) bond motifs is 1. The van der Waals surface area contributed by atoms with Crippen molar-refractivity contribution in [2.24, 2.45) is 0 Å². The van der Waals surface area contributed by atoms with E-state index in [0.29, 0.717) is 18.8 Å². The summed E-state index contributed by atoms with van der Waals surface area (Å²) < 4.78 is 45.4. The van der Waals surface area contributed by atoms with Crippen LogP contribution in [0.15, 0.2) is 51.8 Å². The fourth-order valence-corrected chi connectivity index (χ4v) is 4.33. The highest BCUT2D eigenvalue weighted by Gasteiger charge is 2.27. The van der Waals surface area contributed by atoms with E-state index >= 15 is 0 Å². The number of nitrogens with zero attached hydrogens (tertiary/aromatic N) is 1. The molecule has 1 unspecified atom stereocenters. The molecule has 0 spiro atoms. The number of hydrogen-bond donors (Lipinski definition) is 1. The molecule has 0 bridgehead atoms. The van der Waals surface area contributed by atoms with Crippen LogP contribution in [0.2, 0.25) is 0 Å². The lowest BCUT2D eigenvalue weighted by Crippen LogP contribution is -2.40. The van der Waals surface area contributed by atoms with Crippen LogP contribution in [0.4, 0.5) is 4.39 Å². The maximum Gasteiger partial charge on any atom is 0.243 e. The minimum Gasteiger partial charge on any atom is -0.493 e. The second kappa shape index (κ2) is 7.95. The first kappa shape index (κ1) is 19.8. The number of benzene rings is 2. The zero-order valence-electron chi connectivity index (χ0n) is 14.5. The second-order valence-corrected chi connectivity index (χ2v) is 9.11. The molecule has 1 atom stereocenters. The Labute approximate surface area is 165 Å². The molecule has 9 heteroatoms. The van der Waals surface area contributed by atoms with Crippen molar-refractivity contribution in [1.29, 1.82) is 0 Å². The Morgan fingerprint density at radius 3 is 2.70 bits per heavy atom. The molecule has 1 heterocycles. The van der Waals surface area contributed by atoms with E-state index in [-0.39, 0.29) is 17.5 Å². The van der Waals surface area contributed by atoms with E-state index in [2.05, 4.69) is 21.2 Å². The van der Waals surface area contributed by atoms with Crippen LogP contribution < -0.4 is 10.1 Å². The summed E-state index contributed by atoms with van der Waals surface area (Å²) in [4.78, 5) is 12.3. The smallest absolute Gasteiger partial charge is 0.243 e. The van der Waals surface area contributed by atoms with Crippen LogP contribution in [0.1, 0.15) is 18.0 Å². The Bertz CT molecular complexity index is 950. The van der Waals surface area contributed by atoms with E-state index in [1.807, 2.05) is 18.2 Å². The van der Waals surface area contributed by atoms with E-state index in [1.165, 1.54) is 19.2 Å². The molecule has 1 amide bonds. The van der Waals surface area contributed by atoms with Crippen molar-refractivity contribution < 1.29 is 22.3 Å². The van der Waals surface area contributed by atoms with Crippen molar-refractivity contribution in [3.63, 3.8) is 0 Å². The van der Waals surface area contributed by atoms with Gasteiger partial charge in [-0.1, -0.05) is 15.9 Å². The van der Waals surface area contributed by atoms with E-state index in [9.17, 15) is 17.6 Å². The van der Waals surface area contributed by atoms with E-state index in [0.717, 1.165) is 26.5 Å². The minimum atomic E-state index is -3.89. The van der Waals surface area contributed by atoms with Crippen LogP contribution in [0.3, 0.4) is 0 Å². The Morgan fingerprint density at radius 1 is 1.30 bits per heavy atom. The molecule has 1 aliphatic heterocycles. The number of rotatable bonds is 5. The molecule has 0 fully saturated rings. The lowest BCUT2D eigenvalue weighted by Gasteiger charge is -2.27. The molecular weight excluding hydrogens is 439 g/mol. The third-order valence-corrected chi connectivity index (χ3v) is 6.55. The fraction of sp³-hybridized carbons (Fsp3) is 0.278. The Kier molecular flexibility index (Phi) is 5.83. The van der Waals surface area contributed by atoms with Gasteiger partial charge in [-0.2, -0.15) is 4.31 Å². The monoisotopic (exact) mass is 456 g/mol. The van der Waals surface area contributed by atoms with Gasteiger partial charge in [0.05, 0.1) is 24.1 Å². The highest BCUT2D eigenvalue weighted by atomic mass is 79.9. The summed E-state index contributed by atoms with van der Waals surface area (Å²) in [5, 5.41) is 2.86. The van der Waals surface area contributed by atoms with Crippen LogP contribution in [-0.2, 0) is 14.8 Å². The first-order chi connectivity index (χ1) is 12.8. The van der Waals surface area contributed by atoms with Gasteiger partial charge in [0.15, 0.2) is 0 Å². The van der Waals surface area contributed by atoms with Crippen molar-refractivity contribution >= 4 is 31.9 Å². The van der Waals surface area contributed by atoms with Gasteiger partial charge in [-0.05, 0) is 42.5 Å². The number of ether oxygens (including phenoxy) is 1. The number of nitrogens with one attached hydrogen (secondary N) is 1. The minimum absolute atomic E-state index is 0.0699. The average Bonchev–Trinajstić information content (AvgIpc) is 2.62. The van der Waals surface area contributed by atoms with Crippen molar-refractivity contribution in [2.45, 2.75) is 17.4 Å². The van der Waals surface area contributed by atoms with E-state index in [1.54, 1.807) is 0 Å². The Morgan fingerprint density at radius 2 is 2.00 bits per heavy atom. The predicted octanol–water partition coefficient (Wildman–Crippen LogP) is 2.85. The zero-order valence-corrected chi connectivity index (χ0v) is 16.9. The molecule has 6 nitrogen and oxygen atoms in total. The third kappa shape index (κ3) is 4.48. The van der Waals surface area contributed by atoms with Crippen LogP contribution >= 0.6 is 15.9 Å². The van der Waals surface area contributed by atoms with Crippen LogP contribution in [0.25, 0.3) is 0 Å². The quantitative estimate of drug-likeness (QED) is 0.750. The predicted molar refractivity (Wildman–Crippen MR) is 101 cm³/mol. The molecule has 1 aliphatic rings. The molecule has 0 aliphatic carbocycles. The maximum absolute atomic E-state index is 13.0. The van der Waals surface area contributed by atoms with Crippen molar-refractivity contribution in [1.82, 2.24) is 9.62 Å². The molecule has 0 radical (unpaired) electrons. The van der Waals surface area contributed by atoms with Gasteiger partial charge >= 0.3 is 0 Å². The topological polar surface area (TPSA) is 75.7 Å². The largest absolute Gasteiger partial charge is 0.493 e. The van der Waals surface area contributed by atoms with Gasteiger partial charge in [-0.15, -0.1) is 0 Å². The molecule has 27 heavy (non-hydrogen) atoms. The molecule has 3 rings (SSSR count). The van der Waals surface area contributed by atoms with Gasteiger partial charge in [-0.25, -0.2) is 12.8 Å². The Balaban J connectivity index is 1.69. The lowest BCUT2D eigenvalue weighted by atomic mass is 10.0. The summed E-state index contributed by atoms with van der Waals surface area (Å²) in [5.74, 6) is -0.262. The summed E-state index contributed by atoms with van der Waals surface area (Å²) in [6.07, 6.45) is 0.587. The molecule has 2 aromatic carbocycles. The van der Waals surface area contributed by atoms with Crippen molar-refractivity contribution in [2.75, 3.05) is 20.2 Å². The van der Waals surface area contributed by atoms with Gasteiger partial charge in [0, 0.05) is 23.5 Å². The average molecular weight is 457 g/mol. The summed E-state index contributed by atoms with van der Waals surface area (Å²) in [6.45, 7) is 0.115. The molecular formula is C18H18BrFN2O4S. The highest BCUT2D eigenvalue weighted by Crippen LogP contribution is 2.34. The van der Waals surface area contributed by atoms with E-state index < -0.39 is 21.7 Å². The van der Waals surface area contributed by atoms with Gasteiger partial charge in [0.1, 0.15) is 11.6 Å². The summed E-state index contributed by atoms with van der Waals surface area (Å²) in [6, 6.07) is 9.76. The zero-order chi connectivity index (χ0) is 19.6. The molecule has 2 aromatic rings. The number of carbonyl (C=O) groups excluding carboxylic acids is 1. The number of amides is 1. The Hall–Kier alpha value is -1.97. The molecule has 0 aromatic heterocycles. The fourth-order valence-electron chi connectivity index (χ4n) is 2.83. The summed E-state index contributed by atoms with van der Waals surface area (Å²) >= 11 is 3.40. The first-order valence-electron chi connectivity index (χ1n) is 8.21. The maximum atomic E-state index is 13.0. The van der Waals surface area contributed by atoms with Crippen LogP contribution in [0, 0.1) is 5.82 Å². The lowest BCUT2D eigenvalue weighted by molar-refractivity contribution is -0.122. The number of sulfonamides is 1.